The zero-order valence-electron chi connectivity index (χ0n) is 13.7. The van der Waals surface area contributed by atoms with Crippen molar-refractivity contribution in [2.45, 2.75) is 6.92 Å². The van der Waals surface area contributed by atoms with Gasteiger partial charge < -0.3 is 9.84 Å². The van der Waals surface area contributed by atoms with Crippen LogP contribution in [0.15, 0.2) is 32.3 Å². The quantitative estimate of drug-likeness (QED) is 0.253. The van der Waals surface area contributed by atoms with E-state index in [2.05, 4.69) is 36.6 Å². The molecule has 11 heteroatoms. The molecule has 1 unspecified atom stereocenters. The number of amidine groups is 1. The number of hydrogen-bond donors (Lipinski definition) is 3. The minimum Gasteiger partial charge on any atom is -0.365 e. The molecule has 1 aromatic heterocycles. The highest BCUT2D eigenvalue weighted by atomic mass is 79.9. The molecule has 2 aromatic rings. The lowest BCUT2D eigenvalue weighted by molar-refractivity contribution is 0.234. The molecule has 0 aliphatic carbocycles. The van der Waals surface area contributed by atoms with E-state index >= 15 is 0 Å². The van der Waals surface area contributed by atoms with Crippen LogP contribution in [-0.2, 0) is 4.52 Å². The molecule has 0 saturated heterocycles. The summed E-state index contributed by atoms with van der Waals surface area (Å²) in [5.74, 6) is -0.0551. The van der Waals surface area contributed by atoms with Crippen LogP contribution >= 0.6 is 24.1 Å². The fourth-order valence-electron chi connectivity index (χ4n) is 1.89. The molecule has 0 amide bonds. The van der Waals surface area contributed by atoms with E-state index in [-0.39, 0.29) is 16.0 Å². The van der Waals surface area contributed by atoms with E-state index < -0.39 is 14.0 Å². The van der Waals surface area contributed by atoms with Crippen molar-refractivity contribution in [3.8, 4) is 0 Å². The molecule has 0 fully saturated rings. The average molecular weight is 434 g/mol. The number of nitrogens with zero attached hydrogens (tertiary/aromatic N) is 3. The summed E-state index contributed by atoms with van der Waals surface area (Å²) in [7, 11) is -0.515. The van der Waals surface area contributed by atoms with Gasteiger partial charge in [-0.2, -0.15) is 0 Å². The van der Waals surface area contributed by atoms with E-state index in [1.165, 1.54) is 18.2 Å². The Hall–Kier alpha value is -1.61. The Bertz CT molecular complexity index is 730. The summed E-state index contributed by atoms with van der Waals surface area (Å²) in [5, 5.41) is 20.0. The van der Waals surface area contributed by atoms with Crippen molar-refractivity contribution >= 4 is 41.4 Å². The van der Waals surface area contributed by atoms with Gasteiger partial charge in [0.1, 0.15) is 5.82 Å². The summed E-state index contributed by atoms with van der Waals surface area (Å²) >= 11 is 3.09. The number of hydroxylamine groups is 1. The van der Waals surface area contributed by atoms with Crippen LogP contribution in [0.5, 0.6) is 0 Å². The van der Waals surface area contributed by atoms with Gasteiger partial charge in [0.2, 0.25) is 5.82 Å². The number of nitrogens with one attached hydrogen (secondary N) is 2. The first-order valence-corrected chi connectivity index (χ1v) is 10.1. The first-order chi connectivity index (χ1) is 12.0. The van der Waals surface area contributed by atoms with Crippen LogP contribution < -0.4 is 10.8 Å². The molecule has 0 aliphatic rings. The van der Waals surface area contributed by atoms with Crippen LogP contribution in [0.4, 0.5) is 15.9 Å². The van der Waals surface area contributed by atoms with Gasteiger partial charge in [0.25, 0.3) is 0 Å². The lowest BCUT2D eigenvalue weighted by Crippen LogP contribution is -2.22. The maximum Gasteiger partial charge on any atom is 0.202 e. The molecular formula is C14H18BrFN5O3P. The van der Waals surface area contributed by atoms with Gasteiger partial charge in [-0.1, -0.05) is 0 Å². The summed E-state index contributed by atoms with van der Waals surface area (Å²) in [6, 6.07) is 4.19. The van der Waals surface area contributed by atoms with Gasteiger partial charge >= 0.3 is 0 Å². The summed E-state index contributed by atoms with van der Waals surface area (Å²) < 4.78 is 23.8. The van der Waals surface area contributed by atoms with Crippen molar-refractivity contribution in [3.05, 3.63) is 34.2 Å². The van der Waals surface area contributed by atoms with Crippen molar-refractivity contribution in [2.24, 2.45) is 4.99 Å². The van der Waals surface area contributed by atoms with Crippen LogP contribution in [0.2, 0.25) is 0 Å². The van der Waals surface area contributed by atoms with Crippen LogP contribution in [0.25, 0.3) is 0 Å². The maximum absolute atomic E-state index is 13.3. The molecule has 1 heterocycles. The number of anilines is 1. The topological polar surface area (TPSA) is 105 Å². The number of aliphatic imine (C=N–C) groups is 1. The third kappa shape index (κ3) is 5.71. The fourth-order valence-corrected chi connectivity index (χ4v) is 3.25. The molecule has 1 atom stereocenters. The van der Waals surface area contributed by atoms with Crippen molar-refractivity contribution in [1.82, 2.24) is 15.8 Å². The summed E-state index contributed by atoms with van der Waals surface area (Å²) in [4.78, 5) is 4.19. The highest BCUT2D eigenvalue weighted by Crippen LogP contribution is 2.30. The van der Waals surface area contributed by atoms with E-state index in [0.29, 0.717) is 24.7 Å². The Kier molecular flexibility index (Phi) is 7.70. The third-order valence-corrected chi connectivity index (χ3v) is 5.19. The maximum atomic E-state index is 13.3. The van der Waals surface area contributed by atoms with Crippen LogP contribution in [0.3, 0.4) is 0 Å². The van der Waals surface area contributed by atoms with E-state index in [0.717, 1.165) is 6.16 Å². The average Bonchev–Trinajstić information content (AvgIpc) is 3.04. The van der Waals surface area contributed by atoms with Crippen molar-refractivity contribution < 1.29 is 18.8 Å². The predicted octanol–water partition coefficient (Wildman–Crippen LogP) is 3.50. The van der Waals surface area contributed by atoms with Gasteiger partial charge in [0, 0.05) is 27.5 Å². The Morgan fingerprint density at radius 3 is 2.96 bits per heavy atom. The Morgan fingerprint density at radius 1 is 1.48 bits per heavy atom. The first kappa shape index (κ1) is 19.7. The highest BCUT2D eigenvalue weighted by Gasteiger charge is 2.17. The molecule has 0 spiro atoms. The normalized spacial score (nSPS) is 12.9. The molecule has 0 radical (unpaired) electrons. The van der Waals surface area contributed by atoms with Gasteiger partial charge in [-0.25, -0.2) is 14.0 Å². The fraction of sp³-hybridized carbons (Fsp3) is 0.357. The molecule has 2 rings (SSSR count). The van der Waals surface area contributed by atoms with Gasteiger partial charge in [-0.15, -0.1) is 0 Å². The molecule has 1 aromatic carbocycles. The van der Waals surface area contributed by atoms with Crippen molar-refractivity contribution in [1.29, 1.82) is 0 Å². The molecule has 0 aliphatic heterocycles. The van der Waals surface area contributed by atoms with Crippen LogP contribution in [0, 0.1) is 5.82 Å². The molecule has 25 heavy (non-hydrogen) atoms. The minimum absolute atomic E-state index is 0.0193. The SMILES string of the molecule is CCOP(C)CCNc1nonc1C(=Nc1ccc(F)c(Br)c1)NO. The van der Waals surface area contributed by atoms with Gasteiger partial charge in [0.05, 0.1) is 10.2 Å². The number of hydrogen-bond acceptors (Lipinski definition) is 7. The highest BCUT2D eigenvalue weighted by molar-refractivity contribution is 9.10. The molecular weight excluding hydrogens is 416 g/mol. The molecule has 8 nitrogen and oxygen atoms in total. The largest absolute Gasteiger partial charge is 0.365 e. The van der Waals surface area contributed by atoms with Gasteiger partial charge in [-0.3, -0.25) is 10.7 Å². The Morgan fingerprint density at radius 2 is 2.28 bits per heavy atom. The van der Waals surface area contributed by atoms with E-state index in [1.54, 1.807) is 0 Å². The van der Waals surface area contributed by atoms with E-state index in [4.69, 9.17) is 9.15 Å². The standard InChI is InChI=1S/C14H18BrFN5O3P/c1-3-23-25(2)7-6-17-13-12(20-24-21-13)14(19-22)18-9-4-5-11(16)10(15)8-9/h4-5,8,22H,3,6-7H2,1-2H3,(H,17,21)(H,18,19). The molecule has 3 N–H and O–H groups in total. The second kappa shape index (κ2) is 9.76. The molecule has 136 valence electrons. The van der Waals surface area contributed by atoms with Crippen LogP contribution in [-0.4, -0.2) is 47.3 Å². The van der Waals surface area contributed by atoms with Gasteiger partial charge in [-0.05, 0) is 58.0 Å². The number of rotatable bonds is 8. The molecule has 0 bridgehead atoms. The van der Waals surface area contributed by atoms with Crippen molar-refractivity contribution in [3.63, 3.8) is 0 Å². The monoisotopic (exact) mass is 433 g/mol. The summed E-state index contributed by atoms with van der Waals surface area (Å²) in [6.45, 7) is 5.27. The molecule has 0 saturated carbocycles. The Balaban J connectivity index is 2.12. The second-order valence-corrected chi connectivity index (χ2v) is 7.64. The Labute approximate surface area is 153 Å². The zero-order chi connectivity index (χ0) is 18.2. The van der Waals surface area contributed by atoms with Gasteiger partial charge in [0.15, 0.2) is 11.5 Å². The number of benzene rings is 1. The van der Waals surface area contributed by atoms with Crippen LogP contribution in [0.1, 0.15) is 12.6 Å². The minimum atomic E-state index is -0.515. The van der Waals surface area contributed by atoms with E-state index in [9.17, 15) is 9.60 Å². The smallest absolute Gasteiger partial charge is 0.202 e. The lowest BCUT2D eigenvalue weighted by atomic mass is 10.3. The first-order valence-electron chi connectivity index (χ1n) is 7.39. The second-order valence-electron chi connectivity index (χ2n) is 4.83. The summed E-state index contributed by atoms with van der Waals surface area (Å²) in [6.07, 6.45) is 0.819. The van der Waals surface area contributed by atoms with Crippen molar-refractivity contribution in [2.75, 3.05) is 31.3 Å². The van der Waals surface area contributed by atoms with E-state index in [1.807, 2.05) is 19.1 Å². The number of aromatic nitrogens is 2. The third-order valence-electron chi connectivity index (χ3n) is 3.03. The predicted molar refractivity (Wildman–Crippen MR) is 97.3 cm³/mol. The number of halogens is 2. The summed E-state index contributed by atoms with van der Waals surface area (Å²) in [5.41, 5.74) is 2.58. The zero-order valence-corrected chi connectivity index (χ0v) is 16.1. The lowest BCUT2D eigenvalue weighted by Gasteiger charge is -2.11.